The molecule has 1 aromatic carbocycles. The number of nitro benzene ring substituents is 1. The number of nitriles is 1. The summed E-state index contributed by atoms with van der Waals surface area (Å²) in [5.74, 6) is 0. The Labute approximate surface area is 104 Å². The Balaban J connectivity index is 2.37. The maximum atomic E-state index is 10.5. The highest BCUT2D eigenvalue weighted by atomic mass is 32.2. The minimum absolute atomic E-state index is 0.0198. The van der Waals surface area contributed by atoms with Gasteiger partial charge in [-0.3, -0.25) is 10.1 Å². The van der Waals surface area contributed by atoms with E-state index in [1.807, 2.05) is 5.40 Å². The van der Waals surface area contributed by atoms with Crippen molar-refractivity contribution in [2.75, 3.05) is 0 Å². The molecular formula is C9H4N4O2S2. The Morgan fingerprint density at radius 3 is 2.65 bits per heavy atom. The Kier molecular flexibility index (Phi) is 3.32. The molecule has 8 heteroatoms. The van der Waals surface area contributed by atoms with Crippen molar-refractivity contribution >= 4 is 29.2 Å². The van der Waals surface area contributed by atoms with Crippen LogP contribution in [-0.2, 0) is 0 Å². The number of thioether (sulfide) groups is 1. The average molecular weight is 264 g/mol. The van der Waals surface area contributed by atoms with Crippen molar-refractivity contribution in [3.63, 3.8) is 0 Å². The highest BCUT2D eigenvalue weighted by molar-refractivity contribution is 8.03. The summed E-state index contributed by atoms with van der Waals surface area (Å²) in [7, 11) is 0. The molecule has 0 saturated carbocycles. The average Bonchev–Trinajstić information content (AvgIpc) is 2.78. The smallest absolute Gasteiger partial charge is 0.258 e. The van der Waals surface area contributed by atoms with Crippen LogP contribution in [0.2, 0.25) is 0 Å². The fourth-order valence-electron chi connectivity index (χ4n) is 1.21. The van der Waals surface area contributed by atoms with Gasteiger partial charge in [-0.1, -0.05) is 0 Å². The molecule has 6 nitrogen and oxygen atoms in total. The molecule has 0 aliphatic heterocycles. The van der Waals surface area contributed by atoms with Gasteiger partial charge in [-0.2, -0.15) is 14.0 Å². The lowest BCUT2D eigenvalue weighted by molar-refractivity contribution is -0.384. The second kappa shape index (κ2) is 4.90. The molecular weight excluding hydrogens is 260 g/mol. The van der Waals surface area contributed by atoms with Crippen molar-refractivity contribution in [2.45, 2.75) is 5.03 Å². The summed E-state index contributed by atoms with van der Waals surface area (Å²) in [6.07, 6.45) is 0. The molecule has 0 fully saturated rings. The summed E-state index contributed by atoms with van der Waals surface area (Å²) in [4.78, 5) is 10.0. The number of hydrogen-bond acceptors (Lipinski definition) is 7. The van der Waals surface area contributed by atoms with E-state index in [0.29, 0.717) is 16.3 Å². The zero-order valence-corrected chi connectivity index (χ0v) is 9.86. The third-order valence-corrected chi connectivity index (χ3v) is 3.17. The number of non-ortho nitro benzene ring substituents is 1. The van der Waals surface area contributed by atoms with Gasteiger partial charge in [0.25, 0.3) is 5.69 Å². The van der Waals surface area contributed by atoms with Gasteiger partial charge in [0.05, 0.1) is 16.7 Å². The standard InChI is InChI=1S/C9H4N4O2S2/c10-5-16-9-8(11-17-12-9)6-1-3-7(4-2-6)13(14)15/h1-4H. The number of hydrogen-bond donors (Lipinski definition) is 0. The first-order chi connectivity index (χ1) is 8.22. The van der Waals surface area contributed by atoms with Crippen molar-refractivity contribution in [1.82, 2.24) is 8.75 Å². The molecule has 17 heavy (non-hydrogen) atoms. The van der Waals surface area contributed by atoms with Crippen LogP contribution in [0, 0.1) is 20.8 Å². The number of nitro groups is 1. The molecule has 2 aromatic rings. The second-order valence-corrected chi connectivity index (χ2v) is 4.22. The van der Waals surface area contributed by atoms with Gasteiger partial charge in [0.1, 0.15) is 11.1 Å². The van der Waals surface area contributed by atoms with Gasteiger partial charge >= 0.3 is 0 Å². The van der Waals surface area contributed by atoms with Crippen molar-refractivity contribution in [3.05, 3.63) is 34.4 Å². The van der Waals surface area contributed by atoms with Crippen molar-refractivity contribution < 1.29 is 4.92 Å². The van der Waals surface area contributed by atoms with E-state index in [4.69, 9.17) is 5.26 Å². The van der Waals surface area contributed by atoms with E-state index in [2.05, 4.69) is 8.75 Å². The lowest BCUT2D eigenvalue weighted by Gasteiger charge is -1.97. The quantitative estimate of drug-likeness (QED) is 0.366. The third kappa shape index (κ3) is 2.41. The largest absolute Gasteiger partial charge is 0.269 e. The molecule has 0 saturated heterocycles. The molecule has 0 amide bonds. The number of benzene rings is 1. The summed E-state index contributed by atoms with van der Waals surface area (Å²) in [5.41, 5.74) is 1.31. The van der Waals surface area contributed by atoms with Crippen LogP contribution in [0.25, 0.3) is 11.3 Å². The van der Waals surface area contributed by atoms with Gasteiger partial charge in [-0.05, 0) is 12.1 Å². The van der Waals surface area contributed by atoms with Gasteiger partial charge in [0.2, 0.25) is 0 Å². The van der Waals surface area contributed by atoms with Gasteiger partial charge < -0.3 is 0 Å². The van der Waals surface area contributed by atoms with E-state index in [0.717, 1.165) is 23.5 Å². The molecule has 0 radical (unpaired) electrons. The lowest BCUT2D eigenvalue weighted by Crippen LogP contribution is -1.87. The Morgan fingerprint density at radius 2 is 2.06 bits per heavy atom. The lowest BCUT2D eigenvalue weighted by atomic mass is 10.1. The van der Waals surface area contributed by atoms with E-state index < -0.39 is 4.92 Å². The van der Waals surface area contributed by atoms with E-state index in [-0.39, 0.29) is 5.69 Å². The zero-order chi connectivity index (χ0) is 12.3. The van der Waals surface area contributed by atoms with Crippen LogP contribution in [0.1, 0.15) is 0 Å². The number of rotatable bonds is 3. The number of aromatic nitrogens is 2. The molecule has 0 N–H and O–H groups in total. The highest BCUT2D eigenvalue weighted by Crippen LogP contribution is 2.29. The Hall–Kier alpha value is -1.98. The summed E-state index contributed by atoms with van der Waals surface area (Å²) in [6, 6.07) is 5.98. The number of nitrogens with zero attached hydrogens (tertiary/aromatic N) is 4. The summed E-state index contributed by atoms with van der Waals surface area (Å²) in [6.45, 7) is 0. The Morgan fingerprint density at radius 1 is 1.35 bits per heavy atom. The van der Waals surface area contributed by atoms with Crippen LogP contribution in [0.4, 0.5) is 5.69 Å². The second-order valence-electron chi connectivity index (χ2n) is 2.92. The molecule has 0 atom stereocenters. The van der Waals surface area contributed by atoms with Gasteiger partial charge in [-0.15, -0.1) is 0 Å². The SMILES string of the molecule is N#CSc1nsnc1-c1ccc([N+](=O)[O-])cc1. The predicted octanol–water partition coefficient (Wildman–Crippen LogP) is 2.69. The first kappa shape index (κ1) is 11.5. The van der Waals surface area contributed by atoms with Crippen molar-refractivity contribution in [1.29, 1.82) is 5.26 Å². The first-order valence-electron chi connectivity index (χ1n) is 4.35. The predicted molar refractivity (Wildman–Crippen MR) is 63.5 cm³/mol. The summed E-state index contributed by atoms with van der Waals surface area (Å²) in [5, 5.41) is 21.5. The molecule has 0 unspecified atom stereocenters. The molecule has 84 valence electrons. The molecule has 2 rings (SSSR count). The molecule has 0 spiro atoms. The monoisotopic (exact) mass is 264 g/mol. The van der Waals surface area contributed by atoms with Gasteiger partial charge in [0.15, 0.2) is 5.03 Å². The van der Waals surface area contributed by atoms with Crippen LogP contribution in [0.5, 0.6) is 0 Å². The molecule has 0 bridgehead atoms. The van der Waals surface area contributed by atoms with E-state index >= 15 is 0 Å². The normalized spacial score (nSPS) is 9.82. The molecule has 1 heterocycles. The maximum absolute atomic E-state index is 10.5. The fraction of sp³-hybridized carbons (Fsp3) is 0. The van der Waals surface area contributed by atoms with E-state index in [1.165, 1.54) is 12.1 Å². The van der Waals surface area contributed by atoms with E-state index in [9.17, 15) is 10.1 Å². The highest BCUT2D eigenvalue weighted by Gasteiger charge is 2.12. The van der Waals surface area contributed by atoms with Gasteiger partial charge in [-0.25, -0.2) is 0 Å². The summed E-state index contributed by atoms with van der Waals surface area (Å²) < 4.78 is 8.05. The van der Waals surface area contributed by atoms with Crippen LogP contribution in [0.15, 0.2) is 29.3 Å². The van der Waals surface area contributed by atoms with Crippen LogP contribution in [0.3, 0.4) is 0 Å². The third-order valence-electron chi connectivity index (χ3n) is 1.95. The molecule has 1 aromatic heterocycles. The Bertz CT molecular complexity index is 588. The zero-order valence-electron chi connectivity index (χ0n) is 8.23. The summed E-state index contributed by atoms with van der Waals surface area (Å²) >= 11 is 1.93. The minimum atomic E-state index is -0.464. The van der Waals surface area contributed by atoms with Crippen molar-refractivity contribution in [3.8, 4) is 16.7 Å². The van der Waals surface area contributed by atoms with Crippen LogP contribution < -0.4 is 0 Å². The first-order valence-corrected chi connectivity index (χ1v) is 5.90. The number of thiocyanates is 1. The van der Waals surface area contributed by atoms with Crippen LogP contribution >= 0.6 is 23.5 Å². The maximum Gasteiger partial charge on any atom is 0.269 e. The van der Waals surface area contributed by atoms with Crippen LogP contribution in [-0.4, -0.2) is 13.7 Å². The fourth-order valence-corrected chi connectivity index (χ4v) is 2.34. The topological polar surface area (TPSA) is 92.7 Å². The molecule has 0 aliphatic carbocycles. The minimum Gasteiger partial charge on any atom is -0.258 e. The molecule has 0 aliphatic rings. The van der Waals surface area contributed by atoms with E-state index in [1.54, 1.807) is 12.1 Å². The van der Waals surface area contributed by atoms with Gasteiger partial charge in [0, 0.05) is 29.5 Å². The van der Waals surface area contributed by atoms with Crippen molar-refractivity contribution in [2.24, 2.45) is 0 Å².